The van der Waals surface area contributed by atoms with E-state index in [0.717, 1.165) is 37.1 Å². The maximum absolute atomic E-state index is 13.5. The Balaban J connectivity index is 1.46. The summed E-state index contributed by atoms with van der Waals surface area (Å²) in [5, 5.41) is 4.04. The van der Waals surface area contributed by atoms with Crippen molar-refractivity contribution >= 4 is 23.4 Å². The SMILES string of the molecule is O=C(CCCC1CCNCC1)N1CCN2C(=O)c3ccccc3C12c1ccc(Cl)cc1. The summed E-state index contributed by atoms with van der Waals surface area (Å²) in [6.07, 6.45) is 4.90. The first-order chi connectivity index (χ1) is 15.1. The topological polar surface area (TPSA) is 52.7 Å². The molecule has 3 aliphatic heterocycles. The van der Waals surface area contributed by atoms with Gasteiger partial charge in [-0.2, -0.15) is 0 Å². The first kappa shape index (κ1) is 20.5. The van der Waals surface area contributed by atoms with Crippen LogP contribution in [0.2, 0.25) is 5.02 Å². The monoisotopic (exact) mass is 437 g/mol. The quantitative estimate of drug-likeness (QED) is 0.768. The number of rotatable bonds is 5. The second kappa shape index (κ2) is 8.29. The predicted octanol–water partition coefficient (Wildman–Crippen LogP) is 4.01. The molecule has 31 heavy (non-hydrogen) atoms. The number of amides is 2. The van der Waals surface area contributed by atoms with Gasteiger partial charge < -0.3 is 15.1 Å². The molecule has 2 aromatic rings. The van der Waals surface area contributed by atoms with Gasteiger partial charge >= 0.3 is 0 Å². The van der Waals surface area contributed by atoms with Crippen molar-refractivity contribution in [2.24, 2.45) is 5.92 Å². The molecule has 0 spiro atoms. The fraction of sp³-hybridized carbons (Fsp3) is 0.440. The minimum atomic E-state index is -0.871. The number of nitrogens with one attached hydrogen (secondary N) is 1. The van der Waals surface area contributed by atoms with Crippen LogP contribution in [0.15, 0.2) is 48.5 Å². The number of hydrogen-bond acceptors (Lipinski definition) is 3. The lowest BCUT2D eigenvalue weighted by Crippen LogP contribution is -2.51. The van der Waals surface area contributed by atoms with Crippen LogP contribution >= 0.6 is 11.6 Å². The van der Waals surface area contributed by atoms with E-state index in [9.17, 15) is 9.59 Å². The molecule has 2 aromatic carbocycles. The lowest BCUT2D eigenvalue weighted by atomic mass is 9.89. The van der Waals surface area contributed by atoms with E-state index in [1.807, 2.05) is 58.3 Å². The fourth-order valence-electron chi connectivity index (χ4n) is 5.63. The second-order valence-corrected chi connectivity index (χ2v) is 9.25. The normalized spacial score (nSPS) is 23.2. The summed E-state index contributed by atoms with van der Waals surface area (Å²) in [7, 11) is 0. The Morgan fingerprint density at radius 2 is 1.81 bits per heavy atom. The number of hydrogen-bond donors (Lipinski definition) is 1. The van der Waals surface area contributed by atoms with Gasteiger partial charge in [-0.15, -0.1) is 0 Å². The highest BCUT2D eigenvalue weighted by atomic mass is 35.5. The zero-order chi connectivity index (χ0) is 21.4. The zero-order valence-electron chi connectivity index (χ0n) is 17.6. The molecule has 162 valence electrons. The number of halogens is 1. The highest BCUT2D eigenvalue weighted by molar-refractivity contribution is 6.30. The molecule has 0 radical (unpaired) electrons. The molecule has 1 atom stereocenters. The fourth-order valence-corrected chi connectivity index (χ4v) is 5.76. The van der Waals surface area contributed by atoms with E-state index < -0.39 is 5.66 Å². The largest absolute Gasteiger partial charge is 0.317 e. The van der Waals surface area contributed by atoms with Crippen LogP contribution in [0.5, 0.6) is 0 Å². The lowest BCUT2D eigenvalue weighted by Gasteiger charge is -2.40. The highest BCUT2D eigenvalue weighted by Gasteiger charge is 2.59. The number of nitrogens with zero attached hydrogens (tertiary/aromatic N) is 2. The van der Waals surface area contributed by atoms with Gasteiger partial charge in [0.25, 0.3) is 5.91 Å². The van der Waals surface area contributed by atoms with Crippen molar-refractivity contribution in [2.45, 2.75) is 37.8 Å². The molecule has 0 aliphatic carbocycles. The van der Waals surface area contributed by atoms with E-state index in [2.05, 4.69) is 5.32 Å². The smallest absolute Gasteiger partial charge is 0.256 e. The summed E-state index contributed by atoms with van der Waals surface area (Å²) >= 11 is 6.16. The van der Waals surface area contributed by atoms with Gasteiger partial charge in [-0.1, -0.05) is 41.9 Å². The third-order valence-electron chi connectivity index (χ3n) is 7.12. The Bertz CT molecular complexity index is 987. The number of benzene rings is 2. The third kappa shape index (κ3) is 3.35. The first-order valence-corrected chi connectivity index (χ1v) is 11.7. The zero-order valence-corrected chi connectivity index (χ0v) is 18.4. The molecule has 3 heterocycles. The van der Waals surface area contributed by atoms with Crippen LogP contribution in [0.3, 0.4) is 0 Å². The maximum atomic E-state index is 13.5. The summed E-state index contributed by atoms with van der Waals surface area (Å²) < 4.78 is 0. The summed E-state index contributed by atoms with van der Waals surface area (Å²) in [5.41, 5.74) is 1.62. The average molecular weight is 438 g/mol. The van der Waals surface area contributed by atoms with Gasteiger partial charge in [0, 0.05) is 41.2 Å². The Morgan fingerprint density at radius 3 is 2.58 bits per heavy atom. The average Bonchev–Trinajstić information content (AvgIpc) is 3.31. The lowest BCUT2D eigenvalue weighted by molar-refractivity contribution is -0.136. The van der Waals surface area contributed by atoms with Crippen molar-refractivity contribution < 1.29 is 9.59 Å². The molecule has 0 saturated carbocycles. The molecule has 2 amide bonds. The number of fused-ring (bicyclic) bond motifs is 3. The van der Waals surface area contributed by atoms with E-state index >= 15 is 0 Å². The van der Waals surface area contributed by atoms with Crippen molar-refractivity contribution in [3.63, 3.8) is 0 Å². The van der Waals surface area contributed by atoms with Crippen molar-refractivity contribution in [3.8, 4) is 0 Å². The number of piperidine rings is 1. The van der Waals surface area contributed by atoms with Crippen LogP contribution in [0.4, 0.5) is 0 Å². The molecular weight excluding hydrogens is 410 g/mol. The molecule has 3 aliphatic rings. The minimum Gasteiger partial charge on any atom is -0.317 e. The van der Waals surface area contributed by atoms with Crippen LogP contribution in [-0.2, 0) is 10.5 Å². The van der Waals surface area contributed by atoms with Gasteiger partial charge in [0.2, 0.25) is 5.91 Å². The molecule has 2 fully saturated rings. The van der Waals surface area contributed by atoms with Crippen LogP contribution < -0.4 is 5.32 Å². The maximum Gasteiger partial charge on any atom is 0.256 e. The molecule has 2 saturated heterocycles. The van der Waals surface area contributed by atoms with Gasteiger partial charge in [0.1, 0.15) is 0 Å². The van der Waals surface area contributed by atoms with E-state index in [0.29, 0.717) is 36.0 Å². The molecular formula is C25H28ClN3O2. The molecule has 6 heteroatoms. The van der Waals surface area contributed by atoms with Crippen LogP contribution in [0.1, 0.15) is 53.6 Å². The first-order valence-electron chi connectivity index (χ1n) is 11.3. The van der Waals surface area contributed by atoms with E-state index in [-0.39, 0.29) is 11.8 Å². The van der Waals surface area contributed by atoms with E-state index in [1.165, 1.54) is 12.8 Å². The summed E-state index contributed by atoms with van der Waals surface area (Å²) in [4.78, 5) is 30.6. The van der Waals surface area contributed by atoms with Gasteiger partial charge in [-0.05, 0) is 62.9 Å². The Kier molecular flexibility index (Phi) is 5.49. The molecule has 1 N–H and O–H groups in total. The molecule has 5 nitrogen and oxygen atoms in total. The predicted molar refractivity (Wildman–Crippen MR) is 121 cm³/mol. The van der Waals surface area contributed by atoms with Crippen LogP contribution in [-0.4, -0.2) is 47.8 Å². The summed E-state index contributed by atoms with van der Waals surface area (Å²) in [6, 6.07) is 15.3. The van der Waals surface area contributed by atoms with Crippen molar-refractivity contribution in [1.29, 1.82) is 0 Å². The Morgan fingerprint density at radius 1 is 1.06 bits per heavy atom. The minimum absolute atomic E-state index is 0.00412. The summed E-state index contributed by atoms with van der Waals surface area (Å²) in [6.45, 7) is 3.25. The van der Waals surface area contributed by atoms with E-state index in [4.69, 9.17) is 11.6 Å². The molecule has 5 rings (SSSR count). The van der Waals surface area contributed by atoms with Crippen LogP contribution in [0, 0.1) is 5.92 Å². The van der Waals surface area contributed by atoms with Crippen molar-refractivity contribution in [2.75, 3.05) is 26.2 Å². The molecule has 0 bridgehead atoms. The van der Waals surface area contributed by atoms with Crippen molar-refractivity contribution in [3.05, 3.63) is 70.2 Å². The molecule has 0 aromatic heterocycles. The number of carbonyl (C=O) groups excluding carboxylic acids is 2. The number of carbonyl (C=O) groups is 2. The highest BCUT2D eigenvalue weighted by Crippen LogP contribution is 2.50. The van der Waals surface area contributed by atoms with Gasteiger partial charge in [-0.3, -0.25) is 9.59 Å². The summed E-state index contributed by atoms with van der Waals surface area (Å²) in [5.74, 6) is 0.828. The van der Waals surface area contributed by atoms with Gasteiger partial charge in [0.15, 0.2) is 5.66 Å². The van der Waals surface area contributed by atoms with Crippen LogP contribution in [0.25, 0.3) is 0 Å². The van der Waals surface area contributed by atoms with E-state index in [1.54, 1.807) is 0 Å². The van der Waals surface area contributed by atoms with Gasteiger partial charge in [0.05, 0.1) is 0 Å². The molecule has 1 unspecified atom stereocenters. The second-order valence-electron chi connectivity index (χ2n) is 8.81. The standard InChI is InChI=1S/C25H28ClN3O2/c26-20-10-8-19(9-11-20)25-22-6-2-1-5-21(22)24(31)29(25)17-16-28(25)23(30)7-3-4-18-12-14-27-15-13-18/h1-2,5-6,8-11,18,27H,3-4,7,12-17H2. The van der Waals surface area contributed by atoms with Crippen molar-refractivity contribution in [1.82, 2.24) is 15.1 Å². The Labute approximate surface area is 188 Å². The van der Waals surface area contributed by atoms with Gasteiger partial charge in [-0.25, -0.2) is 0 Å². The Hall–Kier alpha value is -2.37. The third-order valence-corrected chi connectivity index (χ3v) is 7.37.